The summed E-state index contributed by atoms with van der Waals surface area (Å²) in [4.78, 5) is 11.1. The van der Waals surface area contributed by atoms with Crippen LogP contribution in [0.15, 0.2) is 72.1 Å². The number of ether oxygens (including phenoxy) is 1. The van der Waals surface area contributed by atoms with Gasteiger partial charge in [-0.05, 0) is 24.3 Å². The van der Waals surface area contributed by atoms with Crippen LogP contribution in [0.4, 0.5) is 5.69 Å². The van der Waals surface area contributed by atoms with Gasteiger partial charge in [-0.2, -0.15) is 0 Å². The number of rotatable bonds is 5. The van der Waals surface area contributed by atoms with Crippen molar-refractivity contribution in [3.63, 3.8) is 0 Å². The lowest BCUT2D eigenvalue weighted by Gasteiger charge is -2.11. The lowest BCUT2D eigenvalue weighted by molar-refractivity contribution is -0.129. The van der Waals surface area contributed by atoms with Crippen LogP contribution >= 0.6 is 0 Å². The highest BCUT2D eigenvalue weighted by Gasteiger charge is 2.20. The molecule has 1 N–H and O–H groups in total. The summed E-state index contributed by atoms with van der Waals surface area (Å²) in [6.07, 6.45) is 0.966. The maximum absolute atomic E-state index is 12.4. The first kappa shape index (κ1) is 14.8. The summed E-state index contributed by atoms with van der Waals surface area (Å²) in [5.74, 6) is -0.775. The molecule has 0 saturated heterocycles. The van der Waals surface area contributed by atoms with Crippen molar-refractivity contribution >= 4 is 21.7 Å². The maximum Gasteiger partial charge on any atom is 0.335 e. The summed E-state index contributed by atoms with van der Waals surface area (Å²) in [5.41, 5.74) is 0.419. The Morgan fingerprint density at radius 3 is 2.33 bits per heavy atom. The van der Waals surface area contributed by atoms with Crippen molar-refractivity contribution in [2.75, 3.05) is 4.72 Å². The van der Waals surface area contributed by atoms with Gasteiger partial charge in [0, 0.05) is 11.8 Å². The molecule has 2 rings (SSSR count). The van der Waals surface area contributed by atoms with Crippen LogP contribution in [0.1, 0.15) is 0 Å². The van der Waals surface area contributed by atoms with E-state index in [-0.39, 0.29) is 10.6 Å². The number of carbonyl (C=O) groups excluding carboxylic acids is 1. The van der Waals surface area contributed by atoms with Crippen LogP contribution in [0, 0.1) is 0 Å². The second-order valence-electron chi connectivity index (χ2n) is 4.04. The Morgan fingerprint density at radius 2 is 1.67 bits per heavy atom. The summed E-state index contributed by atoms with van der Waals surface area (Å²) < 4.78 is 32.1. The van der Waals surface area contributed by atoms with E-state index in [0.717, 1.165) is 6.08 Å². The Bertz CT molecular complexity index is 754. The van der Waals surface area contributed by atoms with Crippen LogP contribution in [0.5, 0.6) is 5.75 Å². The predicted octanol–water partition coefficient (Wildman–Crippen LogP) is 2.58. The zero-order valence-corrected chi connectivity index (χ0v) is 11.8. The van der Waals surface area contributed by atoms with Crippen molar-refractivity contribution < 1.29 is 17.9 Å². The number of hydrogen-bond acceptors (Lipinski definition) is 4. The second-order valence-corrected chi connectivity index (χ2v) is 5.69. The SMILES string of the molecule is C=CC(=O)Oc1ccccc1S(=O)(=O)Nc1ccccc1. The fraction of sp³-hybridized carbons (Fsp3) is 0. The van der Waals surface area contributed by atoms with Crippen molar-refractivity contribution in [3.05, 3.63) is 67.3 Å². The van der Waals surface area contributed by atoms with Crippen LogP contribution in [-0.4, -0.2) is 14.4 Å². The number of esters is 1. The standard InChI is InChI=1S/C15H13NO4S/c1-2-15(17)20-13-10-6-7-11-14(13)21(18,19)16-12-8-4-3-5-9-12/h2-11,16H,1H2. The molecule has 0 amide bonds. The Balaban J connectivity index is 2.36. The van der Waals surface area contributed by atoms with Gasteiger partial charge in [0.05, 0.1) is 0 Å². The van der Waals surface area contributed by atoms with Crippen LogP contribution in [0.25, 0.3) is 0 Å². The van der Waals surface area contributed by atoms with Gasteiger partial charge in [-0.1, -0.05) is 36.9 Å². The molecule has 0 aliphatic carbocycles. The third-order valence-electron chi connectivity index (χ3n) is 2.54. The third-order valence-corrected chi connectivity index (χ3v) is 3.96. The number of sulfonamides is 1. The van der Waals surface area contributed by atoms with Crippen LogP contribution in [0.2, 0.25) is 0 Å². The first-order valence-electron chi connectivity index (χ1n) is 6.04. The lowest BCUT2D eigenvalue weighted by Crippen LogP contribution is -2.15. The molecule has 0 aromatic heterocycles. The highest BCUT2D eigenvalue weighted by atomic mass is 32.2. The predicted molar refractivity (Wildman–Crippen MR) is 79.5 cm³/mol. The fourth-order valence-corrected chi connectivity index (χ4v) is 2.81. The molecule has 0 spiro atoms. The average molecular weight is 303 g/mol. The molecule has 6 heteroatoms. The lowest BCUT2D eigenvalue weighted by atomic mass is 10.3. The minimum atomic E-state index is -3.86. The molecule has 21 heavy (non-hydrogen) atoms. The van der Waals surface area contributed by atoms with Crippen molar-refractivity contribution in [2.45, 2.75) is 4.90 Å². The zero-order chi connectivity index (χ0) is 15.3. The molecule has 2 aromatic carbocycles. The van der Waals surface area contributed by atoms with Crippen molar-refractivity contribution in [2.24, 2.45) is 0 Å². The van der Waals surface area contributed by atoms with Gasteiger partial charge in [-0.25, -0.2) is 13.2 Å². The normalized spacial score (nSPS) is 10.7. The first-order valence-corrected chi connectivity index (χ1v) is 7.52. The van der Waals surface area contributed by atoms with Crippen molar-refractivity contribution in [1.29, 1.82) is 0 Å². The molecule has 0 atom stereocenters. The Morgan fingerprint density at radius 1 is 1.05 bits per heavy atom. The summed E-state index contributed by atoms with van der Waals surface area (Å²) >= 11 is 0. The van der Waals surface area contributed by atoms with Crippen molar-refractivity contribution in [1.82, 2.24) is 0 Å². The van der Waals surface area contributed by atoms with E-state index in [4.69, 9.17) is 4.74 Å². The van der Waals surface area contributed by atoms with E-state index in [0.29, 0.717) is 5.69 Å². The van der Waals surface area contributed by atoms with Gasteiger partial charge in [-0.3, -0.25) is 4.72 Å². The van der Waals surface area contributed by atoms with E-state index in [1.54, 1.807) is 42.5 Å². The van der Waals surface area contributed by atoms with Crippen LogP contribution < -0.4 is 9.46 Å². The molecular formula is C15H13NO4S. The van der Waals surface area contributed by atoms with E-state index in [1.165, 1.54) is 12.1 Å². The van der Waals surface area contributed by atoms with Gasteiger partial charge in [0.2, 0.25) is 0 Å². The Hall–Kier alpha value is -2.60. The van der Waals surface area contributed by atoms with Gasteiger partial charge in [0.25, 0.3) is 10.0 Å². The van der Waals surface area contributed by atoms with E-state index in [2.05, 4.69) is 11.3 Å². The van der Waals surface area contributed by atoms with E-state index >= 15 is 0 Å². The zero-order valence-electron chi connectivity index (χ0n) is 11.0. The number of nitrogens with one attached hydrogen (secondary N) is 1. The monoisotopic (exact) mass is 303 g/mol. The maximum atomic E-state index is 12.4. The quantitative estimate of drug-likeness (QED) is 0.523. The van der Waals surface area contributed by atoms with E-state index in [9.17, 15) is 13.2 Å². The minimum Gasteiger partial charge on any atom is -0.422 e. The molecule has 2 aromatic rings. The Labute approximate surface area is 122 Å². The van der Waals surface area contributed by atoms with Gasteiger partial charge in [0.15, 0.2) is 5.75 Å². The summed E-state index contributed by atoms with van der Waals surface area (Å²) in [5, 5.41) is 0. The molecular weight excluding hydrogens is 290 g/mol. The van der Waals surface area contributed by atoms with Gasteiger partial charge in [0.1, 0.15) is 4.90 Å². The molecule has 0 bridgehead atoms. The molecule has 5 nitrogen and oxygen atoms in total. The molecule has 0 aliphatic rings. The summed E-state index contributed by atoms with van der Waals surface area (Å²) in [6.45, 7) is 3.28. The molecule has 0 radical (unpaired) electrons. The number of benzene rings is 2. The van der Waals surface area contributed by atoms with Crippen LogP contribution in [-0.2, 0) is 14.8 Å². The summed E-state index contributed by atoms with van der Waals surface area (Å²) in [7, 11) is -3.86. The second kappa shape index (κ2) is 6.23. The topological polar surface area (TPSA) is 72.5 Å². The van der Waals surface area contributed by atoms with E-state index in [1.807, 2.05) is 0 Å². The first-order chi connectivity index (χ1) is 10.0. The number of carbonyl (C=O) groups is 1. The number of anilines is 1. The largest absolute Gasteiger partial charge is 0.422 e. The van der Waals surface area contributed by atoms with Gasteiger partial charge < -0.3 is 4.74 Å². The smallest absolute Gasteiger partial charge is 0.335 e. The number of para-hydroxylation sites is 2. The molecule has 0 heterocycles. The third kappa shape index (κ3) is 3.70. The molecule has 0 saturated carbocycles. The Kier molecular flexibility index (Phi) is 4.39. The van der Waals surface area contributed by atoms with Crippen LogP contribution in [0.3, 0.4) is 0 Å². The minimum absolute atomic E-state index is 0.0502. The molecule has 0 fully saturated rings. The number of hydrogen-bond donors (Lipinski definition) is 1. The average Bonchev–Trinajstić information content (AvgIpc) is 2.48. The van der Waals surface area contributed by atoms with Crippen molar-refractivity contribution in [3.8, 4) is 5.75 Å². The van der Waals surface area contributed by atoms with E-state index < -0.39 is 16.0 Å². The highest BCUT2D eigenvalue weighted by molar-refractivity contribution is 7.92. The summed E-state index contributed by atoms with van der Waals surface area (Å²) in [6, 6.07) is 14.3. The highest BCUT2D eigenvalue weighted by Crippen LogP contribution is 2.25. The fourth-order valence-electron chi connectivity index (χ4n) is 1.62. The molecule has 0 unspecified atom stereocenters. The molecule has 108 valence electrons. The molecule has 0 aliphatic heterocycles. The van der Waals surface area contributed by atoms with Gasteiger partial charge in [-0.15, -0.1) is 0 Å². The van der Waals surface area contributed by atoms with Gasteiger partial charge >= 0.3 is 5.97 Å².